The van der Waals surface area contributed by atoms with Crippen molar-refractivity contribution in [3.8, 4) is 5.69 Å². The second-order valence-electron chi connectivity index (χ2n) is 9.79. The van der Waals surface area contributed by atoms with Crippen LogP contribution in [0.25, 0.3) is 11.8 Å². The fourth-order valence-corrected chi connectivity index (χ4v) is 4.11. The van der Waals surface area contributed by atoms with Gasteiger partial charge in [0.15, 0.2) is 0 Å². The van der Waals surface area contributed by atoms with Crippen molar-refractivity contribution in [1.29, 1.82) is 0 Å². The lowest BCUT2D eigenvalue weighted by Gasteiger charge is -2.34. The van der Waals surface area contributed by atoms with Crippen molar-refractivity contribution in [2.24, 2.45) is 5.92 Å². The summed E-state index contributed by atoms with van der Waals surface area (Å²) in [6.07, 6.45) is 4.97. The van der Waals surface area contributed by atoms with Crippen LogP contribution in [-0.2, 0) is 9.53 Å². The molecule has 0 spiro atoms. The Labute approximate surface area is 197 Å². The summed E-state index contributed by atoms with van der Waals surface area (Å²) in [4.78, 5) is 28.5. The van der Waals surface area contributed by atoms with Gasteiger partial charge in [0.25, 0.3) is 0 Å². The number of amides is 2. The number of carbonyl (C=O) groups is 2. The summed E-state index contributed by atoms with van der Waals surface area (Å²) in [7, 11) is 1.77. The van der Waals surface area contributed by atoms with Gasteiger partial charge in [0.05, 0.1) is 11.4 Å². The number of carbonyl (C=O) groups excluding carboxylic acids is 2. The van der Waals surface area contributed by atoms with E-state index in [1.54, 1.807) is 18.0 Å². The van der Waals surface area contributed by atoms with Crippen LogP contribution < -0.4 is 0 Å². The van der Waals surface area contributed by atoms with E-state index in [2.05, 4.69) is 5.10 Å². The van der Waals surface area contributed by atoms with Crippen molar-refractivity contribution in [3.63, 3.8) is 0 Å². The van der Waals surface area contributed by atoms with E-state index in [1.165, 1.54) is 0 Å². The van der Waals surface area contributed by atoms with Crippen LogP contribution in [0.4, 0.5) is 4.79 Å². The molecule has 7 heteroatoms. The first-order chi connectivity index (χ1) is 15.5. The summed E-state index contributed by atoms with van der Waals surface area (Å²) in [5.74, 6) is 0.379. The van der Waals surface area contributed by atoms with Crippen molar-refractivity contribution in [2.75, 3.05) is 26.7 Å². The lowest BCUT2D eigenvalue weighted by atomic mass is 9.96. The van der Waals surface area contributed by atoms with Crippen LogP contribution in [0.5, 0.6) is 0 Å². The van der Waals surface area contributed by atoms with Crippen LogP contribution in [0.2, 0.25) is 0 Å². The summed E-state index contributed by atoms with van der Waals surface area (Å²) in [5, 5.41) is 4.64. The van der Waals surface area contributed by atoms with Crippen molar-refractivity contribution >= 4 is 18.1 Å². The van der Waals surface area contributed by atoms with Crippen molar-refractivity contribution in [3.05, 3.63) is 53.4 Å². The summed E-state index contributed by atoms with van der Waals surface area (Å²) in [5.41, 5.74) is 3.38. The normalized spacial score (nSPS) is 15.2. The van der Waals surface area contributed by atoms with E-state index in [0.717, 1.165) is 35.5 Å². The maximum atomic E-state index is 12.8. The number of aryl methyl sites for hydroxylation is 1. The Morgan fingerprint density at radius 2 is 1.79 bits per heavy atom. The largest absolute Gasteiger partial charge is 0.444 e. The minimum absolute atomic E-state index is 0.0141. The summed E-state index contributed by atoms with van der Waals surface area (Å²) in [6, 6.07) is 9.98. The third-order valence-corrected chi connectivity index (χ3v) is 5.90. The molecule has 1 aromatic heterocycles. The SMILES string of the molecule is Cc1nn(-c2ccccc2)c(C)c1/C=C/C(=O)N1CCC(CN(C)C(=O)OC(C)(C)C)CC1. The molecule has 7 nitrogen and oxygen atoms in total. The Bertz CT molecular complexity index is 997. The number of piperidine rings is 1. The number of hydrogen-bond acceptors (Lipinski definition) is 4. The maximum Gasteiger partial charge on any atom is 0.410 e. The highest BCUT2D eigenvalue weighted by Gasteiger charge is 2.26. The number of nitrogens with zero attached hydrogens (tertiary/aromatic N) is 4. The average Bonchev–Trinajstić information content (AvgIpc) is 3.05. The third-order valence-electron chi connectivity index (χ3n) is 5.90. The first kappa shape index (κ1) is 24.6. The third kappa shape index (κ3) is 6.46. The molecule has 1 aliphatic heterocycles. The molecule has 1 aliphatic rings. The lowest BCUT2D eigenvalue weighted by molar-refractivity contribution is -0.127. The predicted molar refractivity (Wildman–Crippen MR) is 130 cm³/mol. The van der Waals surface area contributed by atoms with Gasteiger partial charge in [-0.15, -0.1) is 0 Å². The summed E-state index contributed by atoms with van der Waals surface area (Å²) >= 11 is 0. The fraction of sp³-hybridized carbons (Fsp3) is 0.500. The Morgan fingerprint density at radius 1 is 1.15 bits per heavy atom. The standard InChI is InChI=1S/C26H36N4O3/c1-19-23(20(2)30(27-19)22-10-8-7-9-11-22)12-13-24(31)29-16-14-21(15-17-29)18-28(6)25(32)33-26(3,4)5/h7-13,21H,14-18H2,1-6H3/b13-12+. The van der Waals surface area contributed by atoms with Gasteiger partial charge in [-0.1, -0.05) is 18.2 Å². The minimum atomic E-state index is -0.498. The first-order valence-corrected chi connectivity index (χ1v) is 11.6. The molecular weight excluding hydrogens is 416 g/mol. The molecule has 2 heterocycles. The number of hydrogen-bond donors (Lipinski definition) is 0. The van der Waals surface area contributed by atoms with Gasteiger partial charge in [-0.3, -0.25) is 4.79 Å². The van der Waals surface area contributed by atoms with E-state index in [-0.39, 0.29) is 12.0 Å². The molecular formula is C26H36N4O3. The highest BCUT2D eigenvalue weighted by Crippen LogP contribution is 2.22. The van der Waals surface area contributed by atoms with Gasteiger partial charge in [-0.05, 0) is 71.6 Å². The van der Waals surface area contributed by atoms with E-state index in [0.29, 0.717) is 25.6 Å². The van der Waals surface area contributed by atoms with Gasteiger partial charge in [-0.2, -0.15) is 5.10 Å². The van der Waals surface area contributed by atoms with E-state index < -0.39 is 5.60 Å². The molecule has 2 amide bonds. The van der Waals surface area contributed by atoms with Crippen molar-refractivity contribution in [2.45, 2.75) is 53.1 Å². The van der Waals surface area contributed by atoms with Crippen LogP contribution in [0.3, 0.4) is 0 Å². The smallest absolute Gasteiger partial charge is 0.410 e. The van der Waals surface area contributed by atoms with Gasteiger partial charge in [0.1, 0.15) is 5.60 Å². The van der Waals surface area contributed by atoms with E-state index in [9.17, 15) is 9.59 Å². The quantitative estimate of drug-likeness (QED) is 0.622. The minimum Gasteiger partial charge on any atom is -0.444 e. The fourth-order valence-electron chi connectivity index (χ4n) is 4.11. The molecule has 0 bridgehead atoms. The van der Waals surface area contributed by atoms with Crippen LogP contribution in [0, 0.1) is 19.8 Å². The Balaban J connectivity index is 1.55. The van der Waals surface area contributed by atoms with Gasteiger partial charge in [0.2, 0.25) is 5.91 Å². The van der Waals surface area contributed by atoms with Gasteiger partial charge in [0, 0.05) is 44.0 Å². The number of benzene rings is 1. The van der Waals surface area contributed by atoms with Crippen LogP contribution >= 0.6 is 0 Å². The zero-order chi connectivity index (χ0) is 24.2. The molecule has 0 aliphatic carbocycles. The van der Waals surface area contributed by atoms with Crippen molar-refractivity contribution < 1.29 is 14.3 Å². The molecule has 178 valence electrons. The number of aromatic nitrogens is 2. The van der Waals surface area contributed by atoms with Gasteiger partial charge >= 0.3 is 6.09 Å². The van der Waals surface area contributed by atoms with Gasteiger partial charge < -0.3 is 14.5 Å². The molecule has 1 aromatic carbocycles. The average molecular weight is 453 g/mol. The first-order valence-electron chi connectivity index (χ1n) is 11.6. The predicted octanol–water partition coefficient (Wildman–Crippen LogP) is 4.61. The summed E-state index contributed by atoms with van der Waals surface area (Å²) < 4.78 is 7.34. The zero-order valence-corrected chi connectivity index (χ0v) is 20.7. The zero-order valence-electron chi connectivity index (χ0n) is 20.7. The molecule has 0 N–H and O–H groups in total. The van der Waals surface area contributed by atoms with Crippen LogP contribution in [0.1, 0.15) is 50.6 Å². The summed E-state index contributed by atoms with van der Waals surface area (Å²) in [6.45, 7) is 11.6. The van der Waals surface area contributed by atoms with Gasteiger partial charge in [-0.25, -0.2) is 9.48 Å². The highest BCUT2D eigenvalue weighted by molar-refractivity contribution is 5.92. The number of ether oxygens (including phenoxy) is 1. The van der Waals surface area contributed by atoms with Crippen LogP contribution in [-0.4, -0.2) is 63.9 Å². The maximum absolute atomic E-state index is 12.8. The van der Waals surface area contributed by atoms with E-state index in [4.69, 9.17) is 4.74 Å². The molecule has 0 atom stereocenters. The Hall–Kier alpha value is -3.09. The number of para-hydroxylation sites is 1. The molecule has 0 unspecified atom stereocenters. The molecule has 3 rings (SSSR count). The van der Waals surface area contributed by atoms with E-state index in [1.807, 2.05) is 80.6 Å². The molecule has 2 aromatic rings. The monoisotopic (exact) mass is 452 g/mol. The van der Waals surface area contributed by atoms with Crippen LogP contribution in [0.15, 0.2) is 36.4 Å². The number of rotatable bonds is 5. The Kier molecular flexibility index (Phi) is 7.61. The molecule has 33 heavy (non-hydrogen) atoms. The van der Waals surface area contributed by atoms with E-state index >= 15 is 0 Å². The molecule has 0 saturated carbocycles. The van der Waals surface area contributed by atoms with Crippen molar-refractivity contribution in [1.82, 2.24) is 19.6 Å². The number of likely N-dealkylation sites (tertiary alicyclic amines) is 1. The Morgan fingerprint density at radius 3 is 2.39 bits per heavy atom. The highest BCUT2D eigenvalue weighted by atomic mass is 16.6. The lowest BCUT2D eigenvalue weighted by Crippen LogP contribution is -2.42. The second kappa shape index (κ2) is 10.2. The molecule has 0 radical (unpaired) electrons. The molecule has 1 saturated heterocycles. The topological polar surface area (TPSA) is 67.7 Å². The molecule has 1 fully saturated rings. The second-order valence-corrected chi connectivity index (χ2v) is 9.79.